The van der Waals surface area contributed by atoms with Crippen LogP contribution in [-0.2, 0) is 14.4 Å². The van der Waals surface area contributed by atoms with E-state index in [0.717, 1.165) is 12.1 Å². The fourth-order valence-electron chi connectivity index (χ4n) is 7.40. The van der Waals surface area contributed by atoms with Gasteiger partial charge >= 0.3 is 0 Å². The maximum atomic E-state index is 14.6. The van der Waals surface area contributed by atoms with Crippen LogP contribution in [0.1, 0.15) is 47.5 Å². The number of carbonyl (C=O) groups excluding carboxylic acids is 3. The zero-order chi connectivity index (χ0) is 28.2. The van der Waals surface area contributed by atoms with Crippen LogP contribution < -0.4 is 4.90 Å². The smallest absolute Gasteiger partial charge is 0.247 e. The lowest BCUT2D eigenvalue weighted by Gasteiger charge is -2.44. The van der Waals surface area contributed by atoms with E-state index in [0.29, 0.717) is 19.5 Å². The van der Waals surface area contributed by atoms with Gasteiger partial charge in [0.2, 0.25) is 17.7 Å². The molecule has 2 fully saturated rings. The van der Waals surface area contributed by atoms with Crippen LogP contribution in [0.4, 0.5) is 5.69 Å². The van der Waals surface area contributed by atoms with E-state index in [2.05, 4.69) is 46.8 Å². The summed E-state index contributed by atoms with van der Waals surface area (Å²) in [6, 6.07) is 8.86. The number of para-hydroxylation sites is 1. The summed E-state index contributed by atoms with van der Waals surface area (Å²) in [5.74, 6) is -1.52. The SMILES string of the molecule is CC(C)(C)CC(C)(C)N1CC=C[C@]23S[C@H]4C=CCN(c5ccccc5)C(=O)[C@H]4[C@H]2C(=O)N(CCCO)C3C1=O. The molecule has 1 N–H and O–H groups in total. The van der Waals surface area contributed by atoms with Gasteiger partial charge in [-0.1, -0.05) is 63.3 Å². The van der Waals surface area contributed by atoms with Crippen LogP contribution in [0.5, 0.6) is 0 Å². The number of amides is 3. The molecule has 1 unspecified atom stereocenters. The van der Waals surface area contributed by atoms with Gasteiger partial charge in [-0.3, -0.25) is 14.4 Å². The molecular formula is C31H41N3O4S. The minimum Gasteiger partial charge on any atom is -0.396 e. The number of hydrogen-bond acceptors (Lipinski definition) is 5. The third-order valence-electron chi connectivity index (χ3n) is 8.48. The molecule has 4 aliphatic heterocycles. The predicted molar refractivity (Wildman–Crippen MR) is 155 cm³/mol. The van der Waals surface area contributed by atoms with Gasteiger partial charge in [-0.15, -0.1) is 11.8 Å². The Bertz CT molecular complexity index is 1190. The van der Waals surface area contributed by atoms with E-state index in [9.17, 15) is 19.5 Å². The highest BCUT2D eigenvalue weighted by molar-refractivity contribution is 8.02. The topological polar surface area (TPSA) is 81.2 Å². The van der Waals surface area contributed by atoms with Crippen molar-refractivity contribution < 1.29 is 19.5 Å². The Labute approximate surface area is 236 Å². The minimum absolute atomic E-state index is 0.00943. The van der Waals surface area contributed by atoms with Crippen LogP contribution in [0.15, 0.2) is 54.6 Å². The molecule has 8 heteroatoms. The molecule has 2 saturated heterocycles. The summed E-state index contributed by atoms with van der Waals surface area (Å²) >= 11 is 1.60. The summed E-state index contributed by atoms with van der Waals surface area (Å²) in [5.41, 5.74) is 0.387. The van der Waals surface area contributed by atoms with Crippen molar-refractivity contribution in [1.29, 1.82) is 0 Å². The number of anilines is 1. The number of rotatable bonds is 6. The summed E-state index contributed by atoms with van der Waals surface area (Å²) in [7, 11) is 0. The maximum Gasteiger partial charge on any atom is 0.247 e. The molecule has 4 heterocycles. The van der Waals surface area contributed by atoms with Crippen LogP contribution in [0.25, 0.3) is 0 Å². The number of carbonyl (C=O) groups is 3. The molecular weight excluding hydrogens is 510 g/mol. The molecule has 1 spiro atoms. The Kier molecular flexibility index (Phi) is 7.25. The number of fused-ring (bicyclic) bond motifs is 2. The van der Waals surface area contributed by atoms with Crippen LogP contribution in [0.3, 0.4) is 0 Å². The molecule has 0 aliphatic carbocycles. The normalized spacial score (nSPS) is 30.8. The van der Waals surface area contributed by atoms with E-state index in [-0.39, 0.29) is 41.5 Å². The van der Waals surface area contributed by atoms with Crippen molar-refractivity contribution in [2.75, 3.05) is 31.1 Å². The molecule has 7 nitrogen and oxygen atoms in total. The number of thioether (sulfide) groups is 1. The molecule has 1 aromatic carbocycles. The Morgan fingerprint density at radius 2 is 1.69 bits per heavy atom. The summed E-state index contributed by atoms with van der Waals surface area (Å²) in [4.78, 5) is 48.4. The summed E-state index contributed by atoms with van der Waals surface area (Å²) in [5, 5.41) is 9.45. The molecule has 3 amide bonds. The lowest BCUT2D eigenvalue weighted by molar-refractivity contribution is -0.146. The first-order chi connectivity index (χ1) is 18.4. The number of aliphatic hydroxyl groups is 1. The molecule has 210 valence electrons. The second-order valence-corrected chi connectivity index (χ2v) is 14.6. The van der Waals surface area contributed by atoms with Gasteiger partial charge in [0.05, 0.1) is 16.6 Å². The van der Waals surface area contributed by atoms with Crippen LogP contribution >= 0.6 is 11.8 Å². The van der Waals surface area contributed by atoms with Gasteiger partial charge in [-0.25, -0.2) is 0 Å². The molecule has 39 heavy (non-hydrogen) atoms. The first kappa shape index (κ1) is 28.0. The van der Waals surface area contributed by atoms with Crippen LogP contribution in [0, 0.1) is 17.3 Å². The first-order valence-corrected chi connectivity index (χ1v) is 14.9. The van der Waals surface area contributed by atoms with Gasteiger partial charge in [-0.2, -0.15) is 0 Å². The van der Waals surface area contributed by atoms with Gasteiger partial charge < -0.3 is 19.8 Å². The van der Waals surface area contributed by atoms with E-state index in [4.69, 9.17) is 0 Å². The average Bonchev–Trinajstić information content (AvgIpc) is 3.16. The predicted octanol–water partition coefficient (Wildman–Crippen LogP) is 3.88. The molecule has 0 aromatic heterocycles. The molecule has 0 bridgehead atoms. The van der Waals surface area contributed by atoms with Crippen molar-refractivity contribution in [3.05, 3.63) is 54.6 Å². The van der Waals surface area contributed by atoms with Crippen molar-refractivity contribution in [3.8, 4) is 0 Å². The summed E-state index contributed by atoms with van der Waals surface area (Å²) in [6.07, 6.45) is 9.38. The second-order valence-electron chi connectivity index (χ2n) is 13.1. The second kappa shape index (κ2) is 10.1. The third-order valence-corrected chi connectivity index (χ3v) is 10.2. The number of nitrogens with zero attached hydrogens (tertiary/aromatic N) is 3. The van der Waals surface area contributed by atoms with Crippen molar-refractivity contribution >= 4 is 35.2 Å². The molecule has 4 aliphatic rings. The Morgan fingerprint density at radius 1 is 0.974 bits per heavy atom. The Balaban J connectivity index is 1.58. The highest BCUT2D eigenvalue weighted by atomic mass is 32.2. The molecule has 1 aromatic rings. The van der Waals surface area contributed by atoms with E-state index in [1.807, 2.05) is 47.4 Å². The highest BCUT2D eigenvalue weighted by Gasteiger charge is 2.71. The standard InChI is InChI=1S/C31H41N3O4S/c1-29(2,3)20-30(4,5)34-18-10-15-31-24(27(37)33(17-11-19-35)25(31)28(34)38)23-22(39-31)14-9-16-32(26(23)36)21-12-7-6-8-13-21/h6-10,12-15,22-25,35H,11,16-20H2,1-5H3/t22-,23+,24-,25?,31-/m0/s1. The lowest BCUT2D eigenvalue weighted by atomic mass is 9.77. The van der Waals surface area contributed by atoms with Crippen LogP contribution in [0.2, 0.25) is 0 Å². The largest absolute Gasteiger partial charge is 0.396 e. The van der Waals surface area contributed by atoms with Gasteiger partial charge in [-0.05, 0) is 44.2 Å². The van der Waals surface area contributed by atoms with Crippen LogP contribution in [-0.4, -0.2) is 80.4 Å². The van der Waals surface area contributed by atoms with E-state index < -0.39 is 28.2 Å². The van der Waals surface area contributed by atoms with Gasteiger partial charge in [0.15, 0.2) is 0 Å². The quantitative estimate of drug-likeness (QED) is 0.543. The zero-order valence-electron chi connectivity index (χ0n) is 23.7. The maximum absolute atomic E-state index is 14.6. The first-order valence-electron chi connectivity index (χ1n) is 14.0. The number of aliphatic hydroxyl groups excluding tert-OH is 1. The highest BCUT2D eigenvalue weighted by Crippen LogP contribution is 2.61. The minimum atomic E-state index is -0.842. The average molecular weight is 552 g/mol. The van der Waals surface area contributed by atoms with E-state index in [1.165, 1.54) is 0 Å². The molecule has 5 atom stereocenters. The number of benzene rings is 1. The lowest BCUT2D eigenvalue weighted by Crippen LogP contribution is -2.58. The van der Waals surface area contributed by atoms with E-state index in [1.54, 1.807) is 21.6 Å². The fraction of sp³-hybridized carbons (Fsp3) is 0.581. The van der Waals surface area contributed by atoms with Crippen molar-refractivity contribution in [2.24, 2.45) is 17.3 Å². The van der Waals surface area contributed by atoms with Crippen molar-refractivity contribution in [3.63, 3.8) is 0 Å². The molecule has 0 saturated carbocycles. The fourth-order valence-corrected chi connectivity index (χ4v) is 9.40. The van der Waals surface area contributed by atoms with Gasteiger partial charge in [0.1, 0.15) is 6.04 Å². The monoisotopic (exact) mass is 551 g/mol. The van der Waals surface area contributed by atoms with Gasteiger partial charge in [0.25, 0.3) is 0 Å². The third kappa shape index (κ3) is 4.73. The van der Waals surface area contributed by atoms with Crippen molar-refractivity contribution in [2.45, 2.75) is 69.0 Å². The van der Waals surface area contributed by atoms with Gasteiger partial charge in [0, 0.05) is 42.7 Å². The Hall–Kier alpha value is -2.58. The summed E-state index contributed by atoms with van der Waals surface area (Å²) in [6.45, 7) is 11.9. The van der Waals surface area contributed by atoms with Crippen molar-refractivity contribution in [1.82, 2.24) is 9.80 Å². The molecule has 0 radical (unpaired) electrons. The molecule has 5 rings (SSSR count). The zero-order valence-corrected chi connectivity index (χ0v) is 24.5. The number of hydrogen-bond donors (Lipinski definition) is 1. The summed E-state index contributed by atoms with van der Waals surface area (Å²) < 4.78 is -0.842. The van der Waals surface area contributed by atoms with E-state index >= 15 is 0 Å². The number of likely N-dealkylation sites (tertiary alicyclic amines) is 1. The Morgan fingerprint density at radius 3 is 2.36 bits per heavy atom.